The monoisotopic (exact) mass is 318 g/mol. The number of carbonyl (C=O) groups is 1. The standard InChI is InChI=1S/C17H22N2O4/c1-12-6-7-13(11-20)10-19(12)16(21)8-9-18-14-4-2-3-5-15(14)23-17(18)22/h2-5,12-13,20H,6-11H2,1H3. The topological polar surface area (TPSA) is 75.7 Å². The number of benzene rings is 1. The van der Waals surface area contributed by atoms with Crippen LogP contribution in [0.2, 0.25) is 0 Å². The van der Waals surface area contributed by atoms with E-state index in [2.05, 4.69) is 0 Å². The maximum Gasteiger partial charge on any atom is 0.419 e. The first-order valence-electron chi connectivity index (χ1n) is 8.09. The fourth-order valence-corrected chi connectivity index (χ4v) is 3.26. The van der Waals surface area contributed by atoms with Gasteiger partial charge in [-0.05, 0) is 37.8 Å². The Kier molecular flexibility index (Phi) is 4.52. The molecule has 6 heteroatoms. The SMILES string of the molecule is CC1CCC(CO)CN1C(=O)CCn1c(=O)oc2ccccc21. The van der Waals surface area contributed by atoms with Crippen molar-refractivity contribution in [3.63, 3.8) is 0 Å². The van der Waals surface area contributed by atoms with Crippen LogP contribution in [-0.4, -0.2) is 39.7 Å². The maximum absolute atomic E-state index is 12.5. The summed E-state index contributed by atoms with van der Waals surface area (Å²) in [6.45, 7) is 3.05. The number of para-hydroxylation sites is 2. The number of aliphatic hydroxyl groups is 1. The maximum atomic E-state index is 12.5. The Morgan fingerprint density at radius 3 is 2.91 bits per heavy atom. The van der Waals surface area contributed by atoms with Gasteiger partial charge >= 0.3 is 5.76 Å². The van der Waals surface area contributed by atoms with Gasteiger partial charge in [-0.1, -0.05) is 12.1 Å². The first-order chi connectivity index (χ1) is 11.1. The van der Waals surface area contributed by atoms with Gasteiger partial charge in [-0.3, -0.25) is 9.36 Å². The van der Waals surface area contributed by atoms with Gasteiger partial charge in [0.15, 0.2) is 5.58 Å². The number of piperidine rings is 1. The Morgan fingerprint density at radius 1 is 1.35 bits per heavy atom. The Morgan fingerprint density at radius 2 is 2.13 bits per heavy atom. The van der Waals surface area contributed by atoms with E-state index in [1.165, 1.54) is 4.57 Å². The van der Waals surface area contributed by atoms with Crippen LogP contribution in [0, 0.1) is 5.92 Å². The van der Waals surface area contributed by atoms with Crippen molar-refractivity contribution in [3.05, 3.63) is 34.8 Å². The summed E-state index contributed by atoms with van der Waals surface area (Å²) in [7, 11) is 0. The molecule has 6 nitrogen and oxygen atoms in total. The van der Waals surface area contributed by atoms with Crippen molar-refractivity contribution in [2.45, 2.75) is 38.8 Å². The van der Waals surface area contributed by atoms with Crippen molar-refractivity contribution >= 4 is 17.0 Å². The molecule has 1 aliphatic heterocycles. The highest BCUT2D eigenvalue weighted by atomic mass is 16.4. The van der Waals surface area contributed by atoms with Crippen molar-refractivity contribution in [3.8, 4) is 0 Å². The average Bonchev–Trinajstić information content (AvgIpc) is 2.88. The van der Waals surface area contributed by atoms with Crippen molar-refractivity contribution in [1.29, 1.82) is 0 Å². The van der Waals surface area contributed by atoms with Crippen LogP contribution in [0.5, 0.6) is 0 Å². The fourth-order valence-electron chi connectivity index (χ4n) is 3.26. The number of aliphatic hydroxyl groups excluding tert-OH is 1. The number of hydrogen-bond acceptors (Lipinski definition) is 4. The van der Waals surface area contributed by atoms with Gasteiger partial charge in [0.1, 0.15) is 0 Å². The average molecular weight is 318 g/mol. The summed E-state index contributed by atoms with van der Waals surface area (Å²) in [5.41, 5.74) is 1.25. The summed E-state index contributed by atoms with van der Waals surface area (Å²) < 4.78 is 6.69. The Balaban J connectivity index is 1.70. The molecule has 0 aliphatic carbocycles. The molecule has 2 aromatic rings. The Hall–Kier alpha value is -2.08. The van der Waals surface area contributed by atoms with Gasteiger partial charge in [-0.15, -0.1) is 0 Å². The zero-order valence-electron chi connectivity index (χ0n) is 13.3. The highest BCUT2D eigenvalue weighted by molar-refractivity contribution is 5.77. The van der Waals surface area contributed by atoms with Gasteiger partial charge in [0.25, 0.3) is 0 Å². The van der Waals surface area contributed by atoms with Gasteiger partial charge in [0.2, 0.25) is 5.91 Å². The number of oxazole rings is 1. The number of aryl methyl sites for hydroxylation is 1. The van der Waals surface area contributed by atoms with E-state index >= 15 is 0 Å². The summed E-state index contributed by atoms with van der Waals surface area (Å²) in [6, 6.07) is 7.39. The number of hydrogen-bond donors (Lipinski definition) is 1. The molecule has 1 amide bonds. The summed E-state index contributed by atoms with van der Waals surface area (Å²) in [5.74, 6) is -0.251. The zero-order chi connectivity index (χ0) is 16.4. The second kappa shape index (κ2) is 6.58. The predicted octanol–water partition coefficient (Wildman–Crippen LogP) is 1.60. The summed E-state index contributed by atoms with van der Waals surface area (Å²) in [6.07, 6.45) is 2.12. The van der Waals surface area contributed by atoms with Crippen molar-refractivity contribution in [1.82, 2.24) is 9.47 Å². The molecule has 1 aromatic carbocycles. The molecule has 1 aromatic heterocycles. The largest absolute Gasteiger partial charge is 0.419 e. The third kappa shape index (κ3) is 3.17. The second-order valence-electron chi connectivity index (χ2n) is 6.26. The third-order valence-corrected chi connectivity index (χ3v) is 4.68. The van der Waals surface area contributed by atoms with Crippen LogP contribution in [0.15, 0.2) is 33.5 Å². The molecule has 23 heavy (non-hydrogen) atoms. The molecule has 2 heterocycles. The van der Waals surface area contributed by atoms with E-state index < -0.39 is 5.76 Å². The fraction of sp³-hybridized carbons (Fsp3) is 0.529. The highest BCUT2D eigenvalue weighted by Gasteiger charge is 2.28. The van der Waals surface area contributed by atoms with Crippen LogP contribution in [0.3, 0.4) is 0 Å². The number of nitrogens with zero attached hydrogens (tertiary/aromatic N) is 2. The summed E-state index contributed by atoms with van der Waals surface area (Å²) >= 11 is 0. The van der Waals surface area contributed by atoms with E-state index in [0.717, 1.165) is 12.8 Å². The van der Waals surface area contributed by atoms with E-state index in [9.17, 15) is 14.7 Å². The number of amides is 1. The van der Waals surface area contributed by atoms with Crippen LogP contribution in [-0.2, 0) is 11.3 Å². The van der Waals surface area contributed by atoms with Gasteiger partial charge in [0.05, 0.1) is 5.52 Å². The van der Waals surface area contributed by atoms with Crippen molar-refractivity contribution in [2.24, 2.45) is 5.92 Å². The number of fused-ring (bicyclic) bond motifs is 1. The minimum Gasteiger partial charge on any atom is -0.408 e. The van der Waals surface area contributed by atoms with Gasteiger partial charge in [-0.25, -0.2) is 4.79 Å². The lowest BCUT2D eigenvalue weighted by Gasteiger charge is -2.37. The van der Waals surface area contributed by atoms with Gasteiger partial charge in [0, 0.05) is 32.2 Å². The van der Waals surface area contributed by atoms with Crippen LogP contribution < -0.4 is 5.76 Å². The second-order valence-corrected chi connectivity index (χ2v) is 6.26. The molecule has 0 saturated carbocycles. The van der Waals surface area contributed by atoms with Crippen LogP contribution in [0.25, 0.3) is 11.1 Å². The van der Waals surface area contributed by atoms with Crippen molar-refractivity contribution < 1.29 is 14.3 Å². The molecule has 1 N–H and O–H groups in total. The van der Waals surface area contributed by atoms with E-state index in [4.69, 9.17) is 4.42 Å². The number of aromatic nitrogens is 1. The normalized spacial score (nSPS) is 21.7. The van der Waals surface area contributed by atoms with E-state index in [1.807, 2.05) is 30.0 Å². The lowest BCUT2D eigenvalue weighted by molar-refractivity contribution is -0.136. The summed E-state index contributed by atoms with van der Waals surface area (Å²) in [5, 5.41) is 9.32. The highest BCUT2D eigenvalue weighted by Crippen LogP contribution is 2.22. The molecule has 1 fully saturated rings. The Bertz CT molecular complexity index is 748. The summed E-state index contributed by atoms with van der Waals surface area (Å²) in [4.78, 5) is 26.3. The van der Waals surface area contributed by atoms with Crippen molar-refractivity contribution in [2.75, 3.05) is 13.2 Å². The molecule has 1 aliphatic rings. The van der Waals surface area contributed by atoms with Gasteiger partial charge in [-0.2, -0.15) is 0 Å². The molecule has 2 atom stereocenters. The van der Waals surface area contributed by atoms with E-state index in [1.54, 1.807) is 6.07 Å². The lowest BCUT2D eigenvalue weighted by atomic mass is 9.94. The molecule has 124 valence electrons. The van der Waals surface area contributed by atoms with E-state index in [0.29, 0.717) is 24.2 Å². The number of likely N-dealkylation sites (tertiary alicyclic amines) is 1. The van der Waals surface area contributed by atoms with Gasteiger partial charge < -0.3 is 14.4 Å². The molecule has 2 unspecified atom stereocenters. The predicted molar refractivity (Wildman–Crippen MR) is 86.1 cm³/mol. The number of carbonyl (C=O) groups excluding carboxylic acids is 1. The molecular weight excluding hydrogens is 296 g/mol. The first-order valence-corrected chi connectivity index (χ1v) is 8.09. The third-order valence-electron chi connectivity index (χ3n) is 4.68. The molecule has 0 radical (unpaired) electrons. The van der Waals surface area contributed by atoms with Crippen LogP contribution in [0.4, 0.5) is 0 Å². The van der Waals surface area contributed by atoms with Crippen LogP contribution in [0.1, 0.15) is 26.2 Å². The molecule has 0 spiro atoms. The van der Waals surface area contributed by atoms with Crippen LogP contribution >= 0.6 is 0 Å². The quantitative estimate of drug-likeness (QED) is 0.929. The molecule has 0 bridgehead atoms. The first kappa shape index (κ1) is 15.8. The number of rotatable bonds is 4. The lowest BCUT2D eigenvalue weighted by Crippen LogP contribution is -2.46. The molecule has 1 saturated heterocycles. The zero-order valence-corrected chi connectivity index (χ0v) is 13.3. The Labute approximate surface area is 134 Å². The molecule has 3 rings (SSSR count). The smallest absolute Gasteiger partial charge is 0.408 e. The minimum atomic E-state index is -0.432. The van der Waals surface area contributed by atoms with E-state index in [-0.39, 0.29) is 30.9 Å². The molecular formula is C17H22N2O4. The minimum absolute atomic E-state index is 0.0211.